The minimum Gasteiger partial charge on any atom is -0.286 e. The van der Waals surface area contributed by atoms with Crippen molar-refractivity contribution in [1.82, 2.24) is 4.98 Å². The molecule has 0 spiro atoms. The molecule has 0 aromatic carbocycles. The molecule has 1 aliphatic rings. The van der Waals surface area contributed by atoms with Crippen molar-refractivity contribution < 1.29 is 13.0 Å². The van der Waals surface area contributed by atoms with Crippen LogP contribution in [0.1, 0.15) is 19.3 Å². The highest BCUT2D eigenvalue weighted by Crippen LogP contribution is 2.25. The van der Waals surface area contributed by atoms with Crippen molar-refractivity contribution in [3.8, 4) is 0 Å². The largest absolute Gasteiger partial charge is 0.286 e. The Labute approximate surface area is 112 Å². The van der Waals surface area contributed by atoms with Gasteiger partial charge in [0.25, 0.3) is 10.1 Å². The Morgan fingerprint density at radius 3 is 2.33 bits per heavy atom. The van der Waals surface area contributed by atoms with E-state index in [0.29, 0.717) is 6.42 Å². The van der Waals surface area contributed by atoms with Crippen LogP contribution in [0.2, 0.25) is 0 Å². The summed E-state index contributed by atoms with van der Waals surface area (Å²) in [6.45, 7) is 0. The zero-order chi connectivity index (χ0) is 13.4. The summed E-state index contributed by atoms with van der Waals surface area (Å²) in [5.74, 6) is -0.192. The third kappa shape index (κ3) is 7.42. The molecule has 2 rings (SSSR count). The molecule has 1 unspecified atom stereocenters. The minimum absolute atomic E-state index is 0.0430. The molecule has 4 nitrogen and oxygen atoms in total. The second kappa shape index (κ2) is 7.51. The van der Waals surface area contributed by atoms with Crippen LogP contribution in [0.4, 0.5) is 0 Å². The minimum atomic E-state index is -3.81. The van der Waals surface area contributed by atoms with E-state index in [9.17, 15) is 8.42 Å². The van der Waals surface area contributed by atoms with E-state index in [1.807, 2.05) is 24.3 Å². The van der Waals surface area contributed by atoms with E-state index in [4.69, 9.17) is 16.2 Å². The van der Waals surface area contributed by atoms with Gasteiger partial charge in [0.1, 0.15) is 0 Å². The van der Waals surface area contributed by atoms with Crippen LogP contribution in [-0.2, 0) is 10.1 Å². The van der Waals surface area contributed by atoms with Gasteiger partial charge in [0, 0.05) is 12.4 Å². The Morgan fingerprint density at radius 2 is 2.00 bits per heavy atom. The Hall–Kier alpha value is -0.910. The molecule has 0 saturated heterocycles. The second-order valence-electron chi connectivity index (χ2n) is 3.94. The van der Waals surface area contributed by atoms with Crippen molar-refractivity contribution in [1.29, 1.82) is 0 Å². The highest BCUT2D eigenvalue weighted by molar-refractivity contribution is 7.85. The van der Waals surface area contributed by atoms with Crippen molar-refractivity contribution in [3.05, 3.63) is 42.2 Å². The molecule has 0 fully saturated rings. The standard InChI is InChI=1S/C7H11ClO3S.C5H5N/c8-7-2-1-6(5-7)3-4-12(9,10)11;1-2-4-6-5-3-1/h5,7H,1-4H2,(H,9,10,11);1-5H. The number of nitrogens with zero attached hydrogens (tertiary/aromatic N) is 1. The fraction of sp³-hybridized carbons (Fsp3) is 0.417. The topological polar surface area (TPSA) is 67.3 Å². The highest BCUT2D eigenvalue weighted by Gasteiger charge is 2.14. The molecule has 0 radical (unpaired) electrons. The fourth-order valence-electron chi connectivity index (χ4n) is 1.53. The first-order valence-corrected chi connectivity index (χ1v) is 7.66. The average Bonchev–Trinajstić information content (AvgIpc) is 2.75. The summed E-state index contributed by atoms with van der Waals surface area (Å²) >= 11 is 5.77. The molecule has 1 aromatic heterocycles. The van der Waals surface area contributed by atoms with Crippen molar-refractivity contribution in [2.75, 3.05) is 5.75 Å². The number of allylic oxidation sites excluding steroid dienone is 2. The molecular weight excluding hydrogens is 274 g/mol. The maximum Gasteiger partial charge on any atom is 0.265 e. The van der Waals surface area contributed by atoms with E-state index in [2.05, 4.69) is 4.98 Å². The predicted molar refractivity (Wildman–Crippen MR) is 72.2 cm³/mol. The third-order valence-corrected chi connectivity index (χ3v) is 3.47. The van der Waals surface area contributed by atoms with E-state index < -0.39 is 10.1 Å². The Bertz CT molecular complexity index is 447. The molecule has 0 bridgehead atoms. The summed E-state index contributed by atoms with van der Waals surface area (Å²) in [7, 11) is -3.81. The van der Waals surface area contributed by atoms with Crippen molar-refractivity contribution in [2.45, 2.75) is 24.6 Å². The van der Waals surface area contributed by atoms with Crippen LogP contribution in [-0.4, -0.2) is 29.1 Å². The molecule has 1 aromatic rings. The van der Waals surface area contributed by atoms with Crippen LogP contribution in [0.5, 0.6) is 0 Å². The van der Waals surface area contributed by atoms with Gasteiger partial charge in [0.2, 0.25) is 0 Å². The Morgan fingerprint density at radius 1 is 1.33 bits per heavy atom. The molecule has 0 aliphatic heterocycles. The van der Waals surface area contributed by atoms with E-state index in [1.165, 1.54) is 0 Å². The Kier molecular flexibility index (Phi) is 6.32. The van der Waals surface area contributed by atoms with Gasteiger partial charge in [-0.05, 0) is 31.4 Å². The van der Waals surface area contributed by atoms with Crippen LogP contribution >= 0.6 is 11.6 Å². The molecule has 1 heterocycles. The van der Waals surface area contributed by atoms with Gasteiger partial charge in [-0.25, -0.2) is 0 Å². The lowest BCUT2D eigenvalue weighted by atomic mass is 10.2. The van der Waals surface area contributed by atoms with Gasteiger partial charge >= 0.3 is 0 Å². The van der Waals surface area contributed by atoms with Crippen molar-refractivity contribution >= 4 is 21.7 Å². The monoisotopic (exact) mass is 289 g/mol. The number of hydrogen-bond acceptors (Lipinski definition) is 3. The van der Waals surface area contributed by atoms with Crippen LogP contribution < -0.4 is 0 Å². The van der Waals surface area contributed by atoms with Gasteiger partial charge < -0.3 is 0 Å². The Balaban J connectivity index is 0.000000225. The van der Waals surface area contributed by atoms with E-state index in [-0.39, 0.29) is 11.1 Å². The maximum atomic E-state index is 10.4. The molecule has 0 amide bonds. The summed E-state index contributed by atoms with van der Waals surface area (Å²) in [5.41, 5.74) is 1.03. The van der Waals surface area contributed by atoms with Gasteiger partial charge in [-0.3, -0.25) is 9.54 Å². The van der Waals surface area contributed by atoms with Crippen LogP contribution in [0.3, 0.4) is 0 Å². The highest BCUT2D eigenvalue weighted by atomic mass is 35.5. The first kappa shape index (κ1) is 15.1. The van der Waals surface area contributed by atoms with Gasteiger partial charge in [-0.15, -0.1) is 11.6 Å². The zero-order valence-corrected chi connectivity index (χ0v) is 11.4. The molecule has 0 saturated carbocycles. The smallest absolute Gasteiger partial charge is 0.265 e. The van der Waals surface area contributed by atoms with Crippen LogP contribution in [0.15, 0.2) is 42.2 Å². The summed E-state index contributed by atoms with van der Waals surface area (Å²) in [6, 6.07) is 5.72. The number of rotatable bonds is 3. The normalized spacial score (nSPS) is 18.8. The lowest BCUT2D eigenvalue weighted by Gasteiger charge is -1.97. The fourth-order valence-corrected chi connectivity index (χ4v) is 2.33. The third-order valence-electron chi connectivity index (χ3n) is 2.41. The van der Waals surface area contributed by atoms with Gasteiger partial charge in [-0.2, -0.15) is 8.42 Å². The van der Waals surface area contributed by atoms with Crippen molar-refractivity contribution in [3.63, 3.8) is 0 Å². The molecule has 100 valence electrons. The van der Waals surface area contributed by atoms with E-state index >= 15 is 0 Å². The maximum absolute atomic E-state index is 10.4. The number of pyridine rings is 1. The second-order valence-corrected chi connectivity index (χ2v) is 6.07. The van der Waals surface area contributed by atoms with Gasteiger partial charge in [0.15, 0.2) is 0 Å². The number of alkyl halides is 1. The molecule has 1 N–H and O–H groups in total. The first-order chi connectivity index (χ1) is 8.47. The number of aromatic nitrogens is 1. The SMILES string of the molecule is O=S(=O)(O)CCC1=CC(Cl)CC1.c1ccncc1. The summed E-state index contributed by atoms with van der Waals surface area (Å²) < 4.78 is 29.2. The molecule has 18 heavy (non-hydrogen) atoms. The summed E-state index contributed by atoms with van der Waals surface area (Å²) in [5, 5.41) is 0.0430. The predicted octanol–water partition coefficient (Wildman–Crippen LogP) is 2.67. The lowest BCUT2D eigenvalue weighted by Crippen LogP contribution is -2.03. The van der Waals surface area contributed by atoms with Gasteiger partial charge in [0.05, 0.1) is 11.1 Å². The molecular formula is C12H16ClNO3S. The van der Waals surface area contributed by atoms with Crippen LogP contribution in [0, 0.1) is 0 Å². The van der Waals surface area contributed by atoms with Crippen LogP contribution in [0.25, 0.3) is 0 Å². The average molecular weight is 290 g/mol. The molecule has 1 aliphatic carbocycles. The zero-order valence-electron chi connectivity index (χ0n) is 9.87. The first-order valence-electron chi connectivity index (χ1n) is 5.61. The molecule has 1 atom stereocenters. The summed E-state index contributed by atoms with van der Waals surface area (Å²) in [4.78, 5) is 3.78. The summed E-state index contributed by atoms with van der Waals surface area (Å²) in [6.07, 6.45) is 7.50. The molecule has 6 heteroatoms. The van der Waals surface area contributed by atoms with E-state index in [1.54, 1.807) is 12.4 Å². The van der Waals surface area contributed by atoms with Crippen molar-refractivity contribution in [2.24, 2.45) is 0 Å². The van der Waals surface area contributed by atoms with Gasteiger partial charge in [-0.1, -0.05) is 17.7 Å². The quantitative estimate of drug-likeness (QED) is 0.528. The number of hydrogen-bond donors (Lipinski definition) is 1. The lowest BCUT2D eigenvalue weighted by molar-refractivity contribution is 0.482. The van der Waals surface area contributed by atoms with E-state index in [0.717, 1.165) is 18.4 Å². The number of halogens is 1.